The lowest BCUT2D eigenvalue weighted by molar-refractivity contribution is -0.138. The smallest absolute Gasteiger partial charge is 0.310 e. The lowest BCUT2D eigenvalue weighted by Gasteiger charge is -2.16. The van der Waals surface area contributed by atoms with Crippen LogP contribution in [0.3, 0.4) is 0 Å². The van der Waals surface area contributed by atoms with Gasteiger partial charge in [0, 0.05) is 10.2 Å². The van der Waals surface area contributed by atoms with Crippen LogP contribution in [0.25, 0.3) is 0 Å². The van der Waals surface area contributed by atoms with Crippen molar-refractivity contribution >= 4 is 33.5 Å². The molecule has 1 amide bonds. The summed E-state index contributed by atoms with van der Waals surface area (Å²) in [4.78, 5) is 23.7. The molecule has 2 aromatic rings. The van der Waals surface area contributed by atoms with Gasteiger partial charge in [0.25, 0.3) is 0 Å². The number of carbonyl (C=O) groups is 2. The summed E-state index contributed by atoms with van der Waals surface area (Å²) in [7, 11) is 0. The summed E-state index contributed by atoms with van der Waals surface area (Å²) in [6.45, 7) is 1.64. The first kappa shape index (κ1) is 16.7. The normalized spacial score (nSPS) is 16.2. The Kier molecular flexibility index (Phi) is 4.45. The minimum atomic E-state index is -0.863. The van der Waals surface area contributed by atoms with Crippen molar-refractivity contribution in [2.75, 3.05) is 5.32 Å². The van der Waals surface area contributed by atoms with Crippen molar-refractivity contribution in [3.05, 3.63) is 64.1 Å². The molecular weight excluding hydrogens is 370 g/mol. The van der Waals surface area contributed by atoms with Crippen molar-refractivity contribution in [1.29, 1.82) is 0 Å². The molecule has 1 saturated carbocycles. The number of hydrogen-bond donors (Lipinski definition) is 2. The number of nitrogens with one attached hydrogen (secondary N) is 1. The minimum Gasteiger partial charge on any atom is -0.481 e. The van der Waals surface area contributed by atoms with Crippen LogP contribution in [0.15, 0.2) is 53.0 Å². The molecule has 0 heterocycles. The molecule has 2 N–H and O–H groups in total. The van der Waals surface area contributed by atoms with Crippen LogP contribution < -0.4 is 5.32 Å². The van der Waals surface area contributed by atoms with E-state index in [1.165, 1.54) is 0 Å². The van der Waals surface area contributed by atoms with Gasteiger partial charge in [0.2, 0.25) is 5.91 Å². The highest BCUT2D eigenvalue weighted by Gasteiger charge is 2.51. The number of rotatable bonds is 5. The van der Waals surface area contributed by atoms with Gasteiger partial charge in [-0.2, -0.15) is 0 Å². The summed E-state index contributed by atoms with van der Waals surface area (Å²) >= 11 is 3.45. The average molecular weight is 388 g/mol. The minimum absolute atomic E-state index is 0.0142. The SMILES string of the molecule is CC(C(=O)O)c1ccc(NC(=O)C2(c3cccc(Br)c3)CC2)cc1. The number of amides is 1. The van der Waals surface area contributed by atoms with Gasteiger partial charge >= 0.3 is 5.97 Å². The molecule has 24 heavy (non-hydrogen) atoms. The number of benzene rings is 2. The van der Waals surface area contributed by atoms with E-state index in [0.717, 1.165) is 22.9 Å². The number of aliphatic carboxylic acids is 1. The zero-order chi connectivity index (χ0) is 17.3. The summed E-state index contributed by atoms with van der Waals surface area (Å²) in [5, 5.41) is 12.0. The van der Waals surface area contributed by atoms with Crippen LogP contribution in [0, 0.1) is 0 Å². The van der Waals surface area contributed by atoms with Gasteiger partial charge in [0.15, 0.2) is 0 Å². The van der Waals surface area contributed by atoms with Gasteiger partial charge < -0.3 is 10.4 Å². The molecule has 0 spiro atoms. The van der Waals surface area contributed by atoms with Crippen molar-refractivity contribution in [3.8, 4) is 0 Å². The molecule has 5 heteroatoms. The van der Waals surface area contributed by atoms with E-state index in [-0.39, 0.29) is 5.91 Å². The van der Waals surface area contributed by atoms with Crippen molar-refractivity contribution in [2.24, 2.45) is 0 Å². The van der Waals surface area contributed by atoms with Crippen molar-refractivity contribution < 1.29 is 14.7 Å². The molecule has 0 bridgehead atoms. The molecule has 4 nitrogen and oxygen atoms in total. The van der Waals surface area contributed by atoms with Crippen LogP contribution in [0.2, 0.25) is 0 Å². The molecule has 3 rings (SSSR count). The molecule has 1 fully saturated rings. The Bertz CT molecular complexity index is 781. The largest absolute Gasteiger partial charge is 0.481 e. The third-order valence-electron chi connectivity index (χ3n) is 4.60. The van der Waals surface area contributed by atoms with Gasteiger partial charge in [-0.15, -0.1) is 0 Å². The van der Waals surface area contributed by atoms with Gasteiger partial charge in [0.1, 0.15) is 0 Å². The lowest BCUT2D eigenvalue weighted by atomic mass is 9.95. The van der Waals surface area contributed by atoms with Crippen LogP contribution in [-0.4, -0.2) is 17.0 Å². The standard InChI is InChI=1S/C19H18BrNO3/c1-12(17(22)23)13-5-7-16(8-6-13)21-18(24)19(9-10-19)14-3-2-4-15(20)11-14/h2-8,11-12H,9-10H2,1H3,(H,21,24)(H,22,23). The highest BCUT2D eigenvalue weighted by Crippen LogP contribution is 2.49. The van der Waals surface area contributed by atoms with Crippen LogP contribution in [0.4, 0.5) is 5.69 Å². The van der Waals surface area contributed by atoms with Gasteiger partial charge in [-0.1, -0.05) is 40.2 Å². The zero-order valence-electron chi connectivity index (χ0n) is 13.3. The summed E-state index contributed by atoms with van der Waals surface area (Å²) in [5.74, 6) is -1.44. The van der Waals surface area contributed by atoms with E-state index in [9.17, 15) is 9.59 Å². The maximum absolute atomic E-state index is 12.7. The van der Waals surface area contributed by atoms with E-state index in [4.69, 9.17) is 5.11 Å². The summed E-state index contributed by atoms with van der Waals surface area (Å²) in [6, 6.07) is 14.8. The summed E-state index contributed by atoms with van der Waals surface area (Å²) in [6.07, 6.45) is 1.67. The maximum Gasteiger partial charge on any atom is 0.310 e. The second-order valence-electron chi connectivity index (χ2n) is 6.23. The molecule has 2 aromatic carbocycles. The van der Waals surface area contributed by atoms with Gasteiger partial charge in [-0.3, -0.25) is 9.59 Å². The Morgan fingerprint density at radius 3 is 2.38 bits per heavy atom. The molecule has 1 aliphatic carbocycles. The molecule has 0 aromatic heterocycles. The quantitative estimate of drug-likeness (QED) is 0.802. The van der Waals surface area contributed by atoms with Crippen molar-refractivity contribution in [3.63, 3.8) is 0 Å². The monoisotopic (exact) mass is 387 g/mol. The van der Waals surface area contributed by atoms with Gasteiger partial charge in [-0.05, 0) is 55.2 Å². The van der Waals surface area contributed by atoms with Gasteiger partial charge in [0.05, 0.1) is 11.3 Å². The summed E-state index contributed by atoms with van der Waals surface area (Å²) < 4.78 is 0.964. The van der Waals surface area contributed by atoms with E-state index in [1.807, 2.05) is 24.3 Å². The molecular formula is C19H18BrNO3. The van der Waals surface area contributed by atoms with Crippen LogP contribution in [0.5, 0.6) is 0 Å². The Labute approximate surface area is 149 Å². The number of anilines is 1. The molecule has 0 aliphatic heterocycles. The molecule has 124 valence electrons. The fourth-order valence-electron chi connectivity index (χ4n) is 2.81. The predicted octanol–water partition coefficient (Wildman–Crippen LogP) is 4.31. The Morgan fingerprint density at radius 2 is 1.83 bits per heavy atom. The van der Waals surface area contributed by atoms with Crippen molar-refractivity contribution in [2.45, 2.75) is 31.1 Å². The highest BCUT2D eigenvalue weighted by atomic mass is 79.9. The average Bonchev–Trinajstić information content (AvgIpc) is 3.37. The fraction of sp³-hybridized carbons (Fsp3) is 0.263. The highest BCUT2D eigenvalue weighted by molar-refractivity contribution is 9.10. The van der Waals surface area contributed by atoms with Gasteiger partial charge in [-0.25, -0.2) is 0 Å². The first-order chi connectivity index (χ1) is 11.4. The number of carboxylic acids is 1. The van der Waals surface area contributed by atoms with E-state index in [2.05, 4.69) is 21.2 Å². The fourth-order valence-corrected chi connectivity index (χ4v) is 3.21. The van der Waals surface area contributed by atoms with E-state index < -0.39 is 17.3 Å². The van der Waals surface area contributed by atoms with Crippen molar-refractivity contribution in [1.82, 2.24) is 0 Å². The first-order valence-electron chi connectivity index (χ1n) is 7.83. The second kappa shape index (κ2) is 6.40. The number of carboxylic acid groups (broad SMARTS) is 1. The Balaban J connectivity index is 1.74. The Morgan fingerprint density at radius 1 is 1.17 bits per heavy atom. The number of carbonyl (C=O) groups excluding carboxylic acids is 1. The number of hydrogen-bond acceptors (Lipinski definition) is 2. The van der Waals surface area contributed by atoms with Crippen LogP contribution >= 0.6 is 15.9 Å². The van der Waals surface area contributed by atoms with Crippen LogP contribution in [-0.2, 0) is 15.0 Å². The molecule has 1 unspecified atom stereocenters. The number of halogens is 1. The topological polar surface area (TPSA) is 66.4 Å². The van der Waals surface area contributed by atoms with E-state index >= 15 is 0 Å². The Hall–Kier alpha value is -2.14. The lowest BCUT2D eigenvalue weighted by Crippen LogP contribution is -2.27. The van der Waals surface area contributed by atoms with E-state index in [0.29, 0.717) is 11.3 Å². The predicted molar refractivity (Wildman–Crippen MR) is 96.2 cm³/mol. The second-order valence-corrected chi connectivity index (χ2v) is 7.14. The molecule has 1 aliphatic rings. The third kappa shape index (κ3) is 3.22. The zero-order valence-corrected chi connectivity index (χ0v) is 14.8. The third-order valence-corrected chi connectivity index (χ3v) is 5.09. The summed E-state index contributed by atoms with van der Waals surface area (Å²) in [5.41, 5.74) is 1.97. The molecule has 0 saturated heterocycles. The maximum atomic E-state index is 12.7. The molecule has 1 atom stereocenters. The molecule has 0 radical (unpaired) electrons. The van der Waals surface area contributed by atoms with E-state index in [1.54, 1.807) is 31.2 Å². The first-order valence-corrected chi connectivity index (χ1v) is 8.62. The van der Waals surface area contributed by atoms with Crippen LogP contribution in [0.1, 0.15) is 36.8 Å².